The van der Waals surface area contributed by atoms with Gasteiger partial charge in [-0.3, -0.25) is 0 Å². The van der Waals surface area contributed by atoms with E-state index < -0.39 is 0 Å². The van der Waals surface area contributed by atoms with Gasteiger partial charge in [0.1, 0.15) is 11.5 Å². The highest BCUT2D eigenvalue weighted by molar-refractivity contribution is 9.09. The normalized spacial score (nSPS) is 11.4. The monoisotopic (exact) mass is 404 g/mol. The summed E-state index contributed by atoms with van der Waals surface area (Å²) in [5.41, 5.74) is 8.69. The Bertz CT molecular complexity index is 728. The van der Waals surface area contributed by atoms with E-state index >= 15 is 0 Å². The summed E-state index contributed by atoms with van der Waals surface area (Å²) < 4.78 is 0. The van der Waals surface area contributed by atoms with Crippen molar-refractivity contribution in [1.29, 1.82) is 0 Å². The number of benzene rings is 2. The molecule has 0 aromatic heterocycles. The van der Waals surface area contributed by atoms with Crippen molar-refractivity contribution in [2.75, 3.05) is 5.33 Å². The molecule has 0 aliphatic carbocycles. The van der Waals surface area contributed by atoms with Crippen molar-refractivity contribution in [1.82, 2.24) is 0 Å². The summed E-state index contributed by atoms with van der Waals surface area (Å²) in [6.45, 7) is 12.3. The molecule has 2 aromatic carbocycles. The molecule has 2 rings (SSSR count). The minimum absolute atomic E-state index is 0.189. The lowest BCUT2D eigenvalue weighted by molar-refractivity contribution is 0.463. The second kappa shape index (κ2) is 7.82. The molecule has 0 bridgehead atoms. The van der Waals surface area contributed by atoms with Crippen LogP contribution in [-0.4, -0.2) is 15.5 Å². The summed E-state index contributed by atoms with van der Waals surface area (Å²) in [4.78, 5) is 0. The quantitative estimate of drug-likeness (QED) is 0.601. The number of aromatic hydroxyl groups is 2. The first-order chi connectivity index (χ1) is 11.8. The van der Waals surface area contributed by atoms with Crippen LogP contribution in [0.2, 0.25) is 0 Å². The molecule has 0 atom stereocenters. The lowest BCUT2D eigenvalue weighted by Gasteiger charge is -2.25. The van der Waals surface area contributed by atoms with Crippen LogP contribution in [0.15, 0.2) is 12.1 Å². The van der Waals surface area contributed by atoms with Gasteiger partial charge in [-0.25, -0.2) is 0 Å². The molecule has 0 amide bonds. The van der Waals surface area contributed by atoms with Crippen molar-refractivity contribution in [3.8, 4) is 11.5 Å². The first-order valence-corrected chi connectivity index (χ1v) is 10.1. The van der Waals surface area contributed by atoms with Gasteiger partial charge in [0.25, 0.3) is 0 Å². The molecule has 2 nitrogen and oxygen atoms in total. The second-order valence-electron chi connectivity index (χ2n) is 6.86. The lowest BCUT2D eigenvalue weighted by atomic mass is 9.82. The van der Waals surface area contributed by atoms with Crippen LogP contribution in [0.5, 0.6) is 11.5 Å². The molecule has 3 heteroatoms. The topological polar surface area (TPSA) is 40.5 Å². The molecule has 25 heavy (non-hydrogen) atoms. The van der Waals surface area contributed by atoms with E-state index in [9.17, 15) is 10.2 Å². The third kappa shape index (κ3) is 3.44. The van der Waals surface area contributed by atoms with Gasteiger partial charge in [-0.2, -0.15) is 0 Å². The Kier molecular flexibility index (Phi) is 6.21. The Balaban J connectivity index is 2.74. The van der Waals surface area contributed by atoms with Gasteiger partial charge in [-0.15, -0.1) is 0 Å². The van der Waals surface area contributed by atoms with Crippen molar-refractivity contribution >= 4 is 15.9 Å². The number of hydrogen-bond donors (Lipinski definition) is 2. The summed E-state index contributed by atoms with van der Waals surface area (Å²) >= 11 is 3.71. The van der Waals surface area contributed by atoms with Crippen molar-refractivity contribution in [2.24, 2.45) is 0 Å². The number of halogens is 1. The first-order valence-electron chi connectivity index (χ1n) is 8.98. The molecule has 0 saturated carbocycles. The smallest absolute Gasteiger partial charge is 0.121 e. The zero-order valence-electron chi connectivity index (χ0n) is 16.1. The van der Waals surface area contributed by atoms with E-state index in [0.29, 0.717) is 11.5 Å². The van der Waals surface area contributed by atoms with Crippen LogP contribution in [0.3, 0.4) is 0 Å². The Morgan fingerprint density at radius 1 is 0.760 bits per heavy atom. The maximum Gasteiger partial charge on any atom is 0.121 e. The van der Waals surface area contributed by atoms with E-state index in [1.165, 1.54) is 11.1 Å². The molecule has 0 heterocycles. The zero-order valence-corrected chi connectivity index (χ0v) is 17.7. The van der Waals surface area contributed by atoms with Crippen molar-refractivity contribution in [2.45, 2.75) is 60.3 Å². The summed E-state index contributed by atoms with van der Waals surface area (Å²) in [7, 11) is 0. The second-order valence-corrected chi connectivity index (χ2v) is 7.51. The largest absolute Gasteiger partial charge is 0.507 e. The predicted molar refractivity (Wildman–Crippen MR) is 110 cm³/mol. The molecule has 0 spiro atoms. The van der Waals surface area contributed by atoms with E-state index in [-0.39, 0.29) is 5.92 Å². The van der Waals surface area contributed by atoms with Crippen LogP contribution >= 0.6 is 15.9 Å². The summed E-state index contributed by atoms with van der Waals surface area (Å²) in [6.07, 6.45) is 1.62. The Morgan fingerprint density at radius 3 is 1.40 bits per heavy atom. The molecule has 0 radical (unpaired) electrons. The fraction of sp³-hybridized carbons (Fsp3) is 0.455. The highest BCUT2D eigenvalue weighted by atomic mass is 79.9. The van der Waals surface area contributed by atoms with Crippen molar-refractivity contribution in [3.63, 3.8) is 0 Å². The number of alkyl halides is 1. The Morgan fingerprint density at radius 2 is 1.12 bits per heavy atom. The fourth-order valence-electron chi connectivity index (χ4n) is 3.60. The molecule has 0 aliphatic rings. The SMILES string of the molecule is CCc1cc(C(CBr)c2cc(CC)c(O)c(C)c2C)c(C)c(C)c1O. The zero-order chi connectivity index (χ0) is 18.9. The highest BCUT2D eigenvalue weighted by Crippen LogP contribution is 2.40. The predicted octanol–water partition coefficient (Wildman–Crippen LogP) is 5.98. The van der Waals surface area contributed by atoms with Crippen LogP contribution in [0.25, 0.3) is 0 Å². The number of aryl methyl sites for hydroxylation is 2. The molecule has 0 fully saturated rings. The standard InChI is InChI=1S/C22H29BrO2/c1-7-16-9-18(12(3)14(5)21(16)24)20(11-23)19-10-17(8-2)22(25)15(6)13(19)4/h9-10,20,24-25H,7-8,11H2,1-6H3. The fourth-order valence-corrected chi connectivity index (χ4v) is 4.29. The van der Waals surface area contributed by atoms with Crippen LogP contribution < -0.4 is 0 Å². The van der Waals surface area contributed by atoms with E-state index in [0.717, 1.165) is 51.6 Å². The first kappa shape index (κ1) is 19.8. The summed E-state index contributed by atoms with van der Waals surface area (Å²) in [5.74, 6) is 1.03. The van der Waals surface area contributed by atoms with E-state index in [2.05, 4.69) is 55.8 Å². The number of phenolic OH excluding ortho intramolecular Hbond substituents is 2. The summed E-state index contributed by atoms with van der Waals surface area (Å²) in [5, 5.41) is 21.6. The van der Waals surface area contributed by atoms with Gasteiger partial charge in [0, 0.05) is 11.2 Å². The van der Waals surface area contributed by atoms with Gasteiger partial charge < -0.3 is 10.2 Å². The number of rotatable bonds is 5. The Hall–Kier alpha value is -1.48. The molecular formula is C22H29BrO2. The van der Waals surface area contributed by atoms with Crippen LogP contribution in [0, 0.1) is 27.7 Å². The molecule has 0 saturated heterocycles. The van der Waals surface area contributed by atoms with Crippen molar-refractivity contribution < 1.29 is 10.2 Å². The van der Waals surface area contributed by atoms with Gasteiger partial charge in [-0.05, 0) is 85.0 Å². The average molecular weight is 405 g/mol. The average Bonchev–Trinajstić information content (AvgIpc) is 2.61. The van der Waals surface area contributed by atoms with Crippen LogP contribution in [0.4, 0.5) is 0 Å². The third-order valence-corrected chi connectivity index (χ3v) is 6.28. The van der Waals surface area contributed by atoms with Gasteiger partial charge in [0.15, 0.2) is 0 Å². The minimum Gasteiger partial charge on any atom is -0.507 e. The number of hydrogen-bond acceptors (Lipinski definition) is 2. The highest BCUT2D eigenvalue weighted by Gasteiger charge is 2.23. The number of phenols is 2. The van der Waals surface area contributed by atoms with E-state index in [1.54, 1.807) is 0 Å². The molecule has 2 aromatic rings. The molecule has 0 aliphatic heterocycles. The Labute approximate surface area is 160 Å². The molecule has 136 valence electrons. The maximum absolute atomic E-state index is 10.4. The van der Waals surface area contributed by atoms with E-state index in [4.69, 9.17) is 0 Å². The van der Waals surface area contributed by atoms with Gasteiger partial charge >= 0.3 is 0 Å². The molecule has 2 N–H and O–H groups in total. The van der Waals surface area contributed by atoms with Crippen LogP contribution in [-0.2, 0) is 12.8 Å². The van der Waals surface area contributed by atoms with E-state index in [1.807, 2.05) is 13.8 Å². The van der Waals surface area contributed by atoms with Crippen molar-refractivity contribution in [3.05, 3.63) is 56.6 Å². The maximum atomic E-state index is 10.4. The summed E-state index contributed by atoms with van der Waals surface area (Å²) in [6, 6.07) is 4.30. The van der Waals surface area contributed by atoms with Crippen LogP contribution in [0.1, 0.15) is 64.3 Å². The van der Waals surface area contributed by atoms with Gasteiger partial charge in [-0.1, -0.05) is 41.9 Å². The minimum atomic E-state index is 0.189. The van der Waals surface area contributed by atoms with Gasteiger partial charge in [0.2, 0.25) is 0 Å². The molecular weight excluding hydrogens is 376 g/mol. The lowest BCUT2D eigenvalue weighted by Crippen LogP contribution is -2.10. The van der Waals surface area contributed by atoms with Gasteiger partial charge in [0.05, 0.1) is 0 Å². The molecule has 0 unspecified atom stereocenters. The third-order valence-electron chi connectivity index (χ3n) is 5.64.